The van der Waals surface area contributed by atoms with Crippen molar-refractivity contribution in [3.05, 3.63) is 113 Å². The first-order chi connectivity index (χ1) is 13.8. The summed E-state index contributed by atoms with van der Waals surface area (Å²) in [6.07, 6.45) is 4.43. The first-order valence-corrected chi connectivity index (χ1v) is 9.59. The Bertz CT molecular complexity index is 1150. The Kier molecular flexibility index (Phi) is 5.54. The average Bonchev–Trinajstić information content (AvgIpc) is 3.04. The summed E-state index contributed by atoms with van der Waals surface area (Å²) in [5.41, 5.74) is 6.24. The molecule has 0 unspecified atom stereocenters. The highest BCUT2D eigenvalue weighted by atomic mass is 79.9. The van der Waals surface area contributed by atoms with E-state index in [1.165, 1.54) is 39.9 Å². The van der Waals surface area contributed by atoms with Crippen LogP contribution in [-0.2, 0) is 19.6 Å². The lowest BCUT2D eigenvalue weighted by Crippen LogP contribution is -2.21. The second-order valence-electron chi connectivity index (χ2n) is 7.30. The van der Waals surface area contributed by atoms with Crippen LogP contribution in [0.5, 0.6) is 0 Å². The zero-order valence-electron chi connectivity index (χ0n) is 16.0. The van der Waals surface area contributed by atoms with Crippen LogP contribution in [0.25, 0.3) is 17.0 Å². The van der Waals surface area contributed by atoms with Gasteiger partial charge in [-0.25, -0.2) is 4.39 Å². The molecule has 146 valence electrons. The topological polar surface area (TPSA) is 8.17 Å². The lowest BCUT2D eigenvalue weighted by Gasteiger charge is -2.25. The summed E-state index contributed by atoms with van der Waals surface area (Å²) in [7, 11) is 0. The quantitative estimate of drug-likeness (QED) is 0.350. The summed E-state index contributed by atoms with van der Waals surface area (Å²) in [5, 5.41) is 1.27. The molecule has 1 aliphatic heterocycles. The van der Waals surface area contributed by atoms with Gasteiger partial charge in [-0.3, -0.25) is 0 Å². The van der Waals surface area contributed by atoms with Gasteiger partial charge in [-0.15, -0.1) is 17.0 Å². The van der Waals surface area contributed by atoms with Crippen molar-refractivity contribution in [2.24, 2.45) is 0 Å². The molecule has 2 heterocycles. The van der Waals surface area contributed by atoms with E-state index in [9.17, 15) is 4.39 Å². The van der Waals surface area contributed by atoms with Crippen molar-refractivity contribution in [2.75, 3.05) is 0 Å². The van der Waals surface area contributed by atoms with Gasteiger partial charge in [0.05, 0.1) is 6.54 Å². The van der Waals surface area contributed by atoms with Gasteiger partial charge < -0.3 is 9.47 Å². The Balaban J connectivity index is 0.00000205. The summed E-state index contributed by atoms with van der Waals surface area (Å²) < 4.78 is 15.7. The molecule has 29 heavy (non-hydrogen) atoms. The summed E-state index contributed by atoms with van der Waals surface area (Å²) in [6.45, 7) is 2.48. The van der Waals surface area contributed by atoms with Gasteiger partial charge in [-0.2, -0.15) is 0 Å². The standard InChI is InChI=1S/C25H21FN2.BrH/c26-21-12-10-20(11-13-21)17-28-24-9-5-4-8-22(24)23-14-15-27(18-25(23)28)16-19-6-2-1-3-7-19;/h1-15H,16-18H2;1H. The minimum atomic E-state index is -0.194. The molecule has 5 rings (SSSR count). The summed E-state index contributed by atoms with van der Waals surface area (Å²) in [6, 6.07) is 25.9. The third kappa shape index (κ3) is 3.85. The highest BCUT2D eigenvalue weighted by Gasteiger charge is 2.20. The molecule has 1 aliphatic rings. The first-order valence-electron chi connectivity index (χ1n) is 9.59. The van der Waals surface area contributed by atoms with Crippen molar-refractivity contribution in [3.8, 4) is 0 Å². The van der Waals surface area contributed by atoms with E-state index >= 15 is 0 Å². The molecule has 3 aromatic carbocycles. The van der Waals surface area contributed by atoms with Gasteiger partial charge in [0.1, 0.15) is 5.82 Å². The van der Waals surface area contributed by atoms with Crippen molar-refractivity contribution < 1.29 is 4.39 Å². The predicted octanol–water partition coefficient (Wildman–Crippen LogP) is 6.39. The van der Waals surface area contributed by atoms with Crippen LogP contribution in [0.2, 0.25) is 0 Å². The largest absolute Gasteiger partial charge is 0.367 e. The molecule has 4 heteroatoms. The van der Waals surface area contributed by atoms with Crippen molar-refractivity contribution in [3.63, 3.8) is 0 Å². The minimum Gasteiger partial charge on any atom is -0.367 e. The maximum Gasteiger partial charge on any atom is 0.123 e. The fourth-order valence-electron chi connectivity index (χ4n) is 4.04. The normalized spacial score (nSPS) is 12.7. The van der Waals surface area contributed by atoms with Crippen LogP contribution in [0.1, 0.15) is 22.4 Å². The lowest BCUT2D eigenvalue weighted by molar-refractivity contribution is 0.349. The minimum absolute atomic E-state index is 0. The second kappa shape index (κ2) is 8.26. The number of hydrogen-bond donors (Lipinski definition) is 0. The van der Waals surface area contributed by atoms with E-state index in [1.807, 2.05) is 18.2 Å². The lowest BCUT2D eigenvalue weighted by atomic mass is 10.1. The van der Waals surface area contributed by atoms with Crippen LogP contribution >= 0.6 is 17.0 Å². The number of para-hydroxylation sites is 1. The van der Waals surface area contributed by atoms with E-state index in [1.54, 1.807) is 0 Å². The number of fused-ring (bicyclic) bond motifs is 3. The highest BCUT2D eigenvalue weighted by molar-refractivity contribution is 8.93. The van der Waals surface area contributed by atoms with Crippen molar-refractivity contribution in [1.29, 1.82) is 0 Å². The van der Waals surface area contributed by atoms with Gasteiger partial charge in [0.2, 0.25) is 0 Å². The molecule has 1 aromatic heterocycles. The molecule has 0 spiro atoms. The zero-order chi connectivity index (χ0) is 18.9. The van der Waals surface area contributed by atoms with E-state index in [0.717, 1.165) is 25.2 Å². The molecular weight excluding hydrogens is 427 g/mol. The molecule has 0 N–H and O–H groups in total. The second-order valence-corrected chi connectivity index (χ2v) is 7.30. The van der Waals surface area contributed by atoms with Crippen LogP contribution in [0.4, 0.5) is 4.39 Å². The number of hydrogen-bond acceptors (Lipinski definition) is 1. The number of nitrogens with zero attached hydrogens (tertiary/aromatic N) is 2. The zero-order valence-corrected chi connectivity index (χ0v) is 17.7. The molecule has 0 atom stereocenters. The Hall–Kier alpha value is -2.85. The Morgan fingerprint density at radius 2 is 1.45 bits per heavy atom. The van der Waals surface area contributed by atoms with Gasteiger partial charge in [-0.05, 0) is 35.4 Å². The summed E-state index contributed by atoms with van der Waals surface area (Å²) >= 11 is 0. The number of benzene rings is 3. The van der Waals surface area contributed by atoms with Crippen LogP contribution in [0.3, 0.4) is 0 Å². The maximum absolute atomic E-state index is 13.3. The number of aromatic nitrogens is 1. The van der Waals surface area contributed by atoms with Crippen LogP contribution in [-0.4, -0.2) is 9.47 Å². The monoisotopic (exact) mass is 448 g/mol. The third-order valence-corrected chi connectivity index (χ3v) is 5.41. The molecule has 0 bridgehead atoms. The molecule has 0 saturated heterocycles. The fourth-order valence-corrected chi connectivity index (χ4v) is 4.04. The molecular formula is C25H22BrFN2. The van der Waals surface area contributed by atoms with E-state index < -0.39 is 0 Å². The van der Waals surface area contributed by atoms with Gasteiger partial charge in [0.15, 0.2) is 0 Å². The maximum atomic E-state index is 13.3. The third-order valence-electron chi connectivity index (χ3n) is 5.41. The van der Waals surface area contributed by atoms with Gasteiger partial charge in [-0.1, -0.05) is 60.7 Å². The van der Waals surface area contributed by atoms with E-state index in [2.05, 4.69) is 70.3 Å². The highest BCUT2D eigenvalue weighted by Crippen LogP contribution is 2.32. The van der Waals surface area contributed by atoms with Crippen LogP contribution in [0, 0.1) is 5.82 Å². The van der Waals surface area contributed by atoms with Crippen LogP contribution < -0.4 is 0 Å². The molecule has 0 aliphatic carbocycles. The van der Waals surface area contributed by atoms with Gasteiger partial charge >= 0.3 is 0 Å². The van der Waals surface area contributed by atoms with Crippen molar-refractivity contribution in [1.82, 2.24) is 9.47 Å². The molecule has 2 nitrogen and oxygen atoms in total. The first kappa shape index (κ1) is 19.5. The fraction of sp³-hybridized carbons (Fsp3) is 0.120. The summed E-state index contributed by atoms with van der Waals surface area (Å²) in [4.78, 5) is 2.34. The van der Waals surface area contributed by atoms with Gasteiger partial charge in [0, 0.05) is 41.4 Å². The van der Waals surface area contributed by atoms with Crippen molar-refractivity contribution in [2.45, 2.75) is 19.6 Å². The number of rotatable bonds is 4. The van der Waals surface area contributed by atoms with E-state index in [4.69, 9.17) is 0 Å². The molecule has 4 aromatic rings. The summed E-state index contributed by atoms with van der Waals surface area (Å²) in [5.74, 6) is -0.194. The number of halogens is 2. The van der Waals surface area contributed by atoms with Crippen LogP contribution in [0.15, 0.2) is 85.1 Å². The SMILES string of the molecule is Br.Fc1ccc(Cn2c3c(c4ccccc42)C=CN(Cc2ccccc2)C3)cc1. The average molecular weight is 449 g/mol. The Labute approximate surface area is 180 Å². The molecule has 0 fully saturated rings. The van der Waals surface area contributed by atoms with Gasteiger partial charge in [0.25, 0.3) is 0 Å². The Morgan fingerprint density at radius 3 is 2.24 bits per heavy atom. The van der Waals surface area contributed by atoms with Crippen molar-refractivity contribution >= 4 is 34.0 Å². The van der Waals surface area contributed by atoms with E-state index in [-0.39, 0.29) is 22.8 Å². The Morgan fingerprint density at radius 1 is 0.759 bits per heavy atom. The predicted molar refractivity (Wildman–Crippen MR) is 122 cm³/mol. The van der Waals surface area contributed by atoms with E-state index in [0.29, 0.717) is 0 Å². The smallest absolute Gasteiger partial charge is 0.123 e. The molecule has 0 radical (unpaired) electrons. The molecule has 0 amide bonds. The molecule has 0 saturated carbocycles.